The molecule has 1 saturated heterocycles. The number of methoxy groups -OCH3 is 1. The van der Waals surface area contributed by atoms with Crippen molar-refractivity contribution in [2.75, 3.05) is 13.7 Å². The minimum atomic E-state index is -1.42. The van der Waals surface area contributed by atoms with Crippen molar-refractivity contribution in [3.63, 3.8) is 0 Å². The molecule has 0 unspecified atom stereocenters. The predicted octanol–water partition coefficient (Wildman–Crippen LogP) is -0.252. The molecule has 23 heavy (non-hydrogen) atoms. The number of ether oxygens (including phenoxy) is 2. The molecule has 5 atom stereocenters. The van der Waals surface area contributed by atoms with Gasteiger partial charge in [-0.3, -0.25) is 5.41 Å². The molecule has 0 saturated carbocycles. The Kier molecular flexibility index (Phi) is 6.40. The molecular formula is C15H21NO6S. The topological polar surface area (TPSA) is 123 Å². The molecule has 2 rings (SSSR count). The van der Waals surface area contributed by atoms with Crippen molar-refractivity contribution < 1.29 is 29.9 Å². The largest absolute Gasteiger partial charge is 0.497 e. The van der Waals surface area contributed by atoms with Gasteiger partial charge in [0.05, 0.1) is 18.8 Å². The molecule has 1 aromatic carbocycles. The van der Waals surface area contributed by atoms with E-state index in [-0.39, 0.29) is 5.04 Å². The number of rotatable bonds is 5. The zero-order valence-electron chi connectivity index (χ0n) is 12.6. The second-order valence-corrected chi connectivity index (χ2v) is 6.46. The highest BCUT2D eigenvalue weighted by atomic mass is 32.2. The Bertz CT molecular complexity index is 523. The quantitative estimate of drug-likeness (QED) is 0.369. The number of aliphatic hydroxyl groups is 4. The van der Waals surface area contributed by atoms with Crippen LogP contribution in [0.3, 0.4) is 0 Å². The van der Waals surface area contributed by atoms with Crippen molar-refractivity contribution in [2.24, 2.45) is 0 Å². The van der Waals surface area contributed by atoms with Gasteiger partial charge in [-0.05, 0) is 17.7 Å². The standard InChI is InChI=1S/C15H21NO6S/c1-21-9-4-2-8(3-5-9)6-11(16)23-15-14(20)13(19)12(18)10(7-17)22-15/h2-5,10,12-20H,6-7H2,1H3/t10-,12-,13+,14-,15+/m1/s1. The Balaban J connectivity index is 1.95. The normalized spacial score (nSPS) is 30.9. The number of aliphatic hydroxyl groups excluding tert-OH is 4. The average Bonchev–Trinajstić information content (AvgIpc) is 2.56. The Hall–Kier alpha value is -1.16. The molecular weight excluding hydrogens is 322 g/mol. The third-order valence-corrected chi connectivity index (χ3v) is 4.68. The van der Waals surface area contributed by atoms with Crippen molar-refractivity contribution in [1.82, 2.24) is 0 Å². The summed E-state index contributed by atoms with van der Waals surface area (Å²) >= 11 is 0.956. The maximum absolute atomic E-state index is 9.95. The number of thioether (sulfide) groups is 1. The highest BCUT2D eigenvalue weighted by Gasteiger charge is 2.44. The smallest absolute Gasteiger partial charge is 0.137 e. The van der Waals surface area contributed by atoms with Gasteiger partial charge in [-0.15, -0.1) is 0 Å². The molecule has 7 nitrogen and oxygen atoms in total. The van der Waals surface area contributed by atoms with E-state index in [2.05, 4.69) is 0 Å². The molecule has 5 N–H and O–H groups in total. The van der Waals surface area contributed by atoms with Gasteiger partial charge < -0.3 is 29.9 Å². The minimum Gasteiger partial charge on any atom is -0.497 e. The lowest BCUT2D eigenvalue weighted by atomic mass is 10.0. The van der Waals surface area contributed by atoms with Crippen molar-refractivity contribution >= 4 is 16.8 Å². The van der Waals surface area contributed by atoms with E-state index in [0.29, 0.717) is 6.42 Å². The number of hydrogen-bond donors (Lipinski definition) is 5. The van der Waals surface area contributed by atoms with Gasteiger partial charge in [-0.1, -0.05) is 23.9 Å². The first-order chi connectivity index (χ1) is 11.0. The van der Waals surface area contributed by atoms with Crippen LogP contribution in [0.2, 0.25) is 0 Å². The maximum Gasteiger partial charge on any atom is 0.137 e. The summed E-state index contributed by atoms with van der Waals surface area (Å²) in [4.78, 5) is 0. The van der Waals surface area contributed by atoms with E-state index in [1.54, 1.807) is 19.2 Å². The lowest BCUT2D eigenvalue weighted by Crippen LogP contribution is -2.57. The van der Waals surface area contributed by atoms with Crippen LogP contribution in [0.15, 0.2) is 24.3 Å². The third-order valence-electron chi connectivity index (χ3n) is 3.63. The molecule has 8 heteroatoms. The summed E-state index contributed by atoms with van der Waals surface area (Å²) in [5.41, 5.74) is -0.0239. The fourth-order valence-electron chi connectivity index (χ4n) is 2.28. The summed E-state index contributed by atoms with van der Waals surface area (Å²) in [6.45, 7) is -0.478. The third kappa shape index (κ3) is 4.43. The summed E-state index contributed by atoms with van der Waals surface area (Å²) < 4.78 is 10.4. The van der Waals surface area contributed by atoms with Crippen molar-refractivity contribution in [1.29, 1.82) is 5.41 Å². The average molecular weight is 343 g/mol. The van der Waals surface area contributed by atoms with Crippen LogP contribution in [-0.2, 0) is 11.2 Å². The van der Waals surface area contributed by atoms with Crippen molar-refractivity contribution in [3.05, 3.63) is 29.8 Å². The van der Waals surface area contributed by atoms with Gasteiger partial charge in [0.15, 0.2) is 0 Å². The summed E-state index contributed by atoms with van der Waals surface area (Å²) in [7, 11) is 1.58. The molecule has 1 fully saturated rings. The molecule has 0 spiro atoms. The highest BCUT2D eigenvalue weighted by Crippen LogP contribution is 2.29. The minimum absolute atomic E-state index is 0.236. The van der Waals surface area contributed by atoms with E-state index >= 15 is 0 Å². The van der Waals surface area contributed by atoms with E-state index in [4.69, 9.17) is 20.0 Å². The molecule has 0 radical (unpaired) electrons. The van der Waals surface area contributed by atoms with Gasteiger partial charge in [-0.25, -0.2) is 0 Å². The van der Waals surface area contributed by atoms with Gasteiger partial charge in [0.25, 0.3) is 0 Å². The Morgan fingerprint density at radius 1 is 1.17 bits per heavy atom. The van der Waals surface area contributed by atoms with Crippen LogP contribution in [0.4, 0.5) is 0 Å². The first kappa shape index (κ1) is 18.2. The Morgan fingerprint density at radius 2 is 1.83 bits per heavy atom. The number of nitrogens with one attached hydrogen (secondary N) is 1. The van der Waals surface area contributed by atoms with Crippen LogP contribution in [0.1, 0.15) is 5.56 Å². The Morgan fingerprint density at radius 3 is 2.39 bits per heavy atom. The van der Waals surface area contributed by atoms with Gasteiger partial charge >= 0.3 is 0 Å². The molecule has 128 valence electrons. The van der Waals surface area contributed by atoms with Crippen LogP contribution in [0.25, 0.3) is 0 Å². The van der Waals surface area contributed by atoms with E-state index in [1.165, 1.54) is 0 Å². The van der Waals surface area contributed by atoms with Crippen LogP contribution in [0, 0.1) is 5.41 Å². The first-order valence-electron chi connectivity index (χ1n) is 7.13. The van der Waals surface area contributed by atoms with Gasteiger partial charge in [0.2, 0.25) is 0 Å². The summed E-state index contributed by atoms with van der Waals surface area (Å²) in [6, 6.07) is 7.25. The molecule has 0 amide bonds. The van der Waals surface area contributed by atoms with Crippen LogP contribution in [-0.4, -0.2) is 69.0 Å². The molecule has 1 heterocycles. The lowest BCUT2D eigenvalue weighted by molar-refractivity contribution is -0.205. The van der Waals surface area contributed by atoms with E-state index in [1.807, 2.05) is 12.1 Å². The number of hydrogen-bond acceptors (Lipinski definition) is 8. The molecule has 0 aliphatic carbocycles. The van der Waals surface area contributed by atoms with Crippen LogP contribution < -0.4 is 4.74 Å². The monoisotopic (exact) mass is 343 g/mol. The van der Waals surface area contributed by atoms with Crippen molar-refractivity contribution in [3.8, 4) is 5.75 Å². The van der Waals surface area contributed by atoms with Crippen molar-refractivity contribution in [2.45, 2.75) is 36.3 Å². The summed E-state index contributed by atoms with van der Waals surface area (Å²) in [6.07, 6.45) is -4.77. The SMILES string of the molecule is COc1ccc(CC(=N)S[C@@H]2O[C@H](CO)[C@@H](O)[C@H](O)[C@H]2O)cc1. The number of benzene rings is 1. The highest BCUT2D eigenvalue weighted by molar-refractivity contribution is 8.14. The van der Waals surface area contributed by atoms with E-state index in [0.717, 1.165) is 23.1 Å². The summed E-state index contributed by atoms with van der Waals surface area (Å²) in [5.74, 6) is 0.724. The van der Waals surface area contributed by atoms with Gasteiger partial charge in [0.1, 0.15) is 35.6 Å². The molecule has 1 aliphatic rings. The van der Waals surface area contributed by atoms with Crippen LogP contribution >= 0.6 is 11.8 Å². The predicted molar refractivity (Wildman–Crippen MR) is 85.8 cm³/mol. The molecule has 0 bridgehead atoms. The first-order valence-corrected chi connectivity index (χ1v) is 8.01. The fraction of sp³-hybridized carbons (Fsp3) is 0.533. The molecule has 1 aromatic rings. The van der Waals surface area contributed by atoms with E-state index < -0.39 is 36.5 Å². The summed E-state index contributed by atoms with van der Waals surface area (Å²) in [5, 5.41) is 46.8. The van der Waals surface area contributed by atoms with E-state index in [9.17, 15) is 15.3 Å². The van der Waals surface area contributed by atoms with Crippen LogP contribution in [0.5, 0.6) is 5.75 Å². The lowest BCUT2D eigenvalue weighted by Gasteiger charge is -2.39. The van der Waals surface area contributed by atoms with Gasteiger partial charge in [0, 0.05) is 6.42 Å². The second-order valence-electron chi connectivity index (χ2n) is 5.26. The molecule has 0 aromatic heterocycles. The zero-order valence-corrected chi connectivity index (χ0v) is 13.4. The maximum atomic E-state index is 9.95. The molecule has 1 aliphatic heterocycles. The second kappa shape index (κ2) is 8.09. The zero-order chi connectivity index (χ0) is 17.0. The van der Waals surface area contributed by atoms with Gasteiger partial charge in [-0.2, -0.15) is 0 Å². The fourth-order valence-corrected chi connectivity index (χ4v) is 3.30. The Labute approximate surface area is 138 Å².